The van der Waals surface area contributed by atoms with Crippen LogP contribution >= 0.6 is 0 Å². The minimum absolute atomic E-state index is 0.0842. The van der Waals surface area contributed by atoms with Crippen LogP contribution in [0.3, 0.4) is 0 Å². The van der Waals surface area contributed by atoms with E-state index in [1.165, 1.54) is 22.2 Å². The lowest BCUT2D eigenvalue weighted by Crippen LogP contribution is -2.50. The summed E-state index contributed by atoms with van der Waals surface area (Å²) in [4.78, 5) is 43.2. The molecule has 1 aliphatic heterocycles. The third-order valence-electron chi connectivity index (χ3n) is 6.16. The highest BCUT2D eigenvalue weighted by Gasteiger charge is 2.34. The molecule has 184 valence electrons. The summed E-state index contributed by atoms with van der Waals surface area (Å²) in [6.07, 6.45) is 2.20. The van der Waals surface area contributed by atoms with Crippen LogP contribution in [0.4, 0.5) is 0 Å². The molecule has 0 bridgehead atoms. The summed E-state index contributed by atoms with van der Waals surface area (Å²) in [7, 11) is -0.772. The molecule has 4 heterocycles. The van der Waals surface area contributed by atoms with E-state index in [0.717, 1.165) is 4.57 Å². The van der Waals surface area contributed by atoms with E-state index >= 15 is 0 Å². The quantitative estimate of drug-likeness (QED) is 0.440. The average Bonchev–Trinajstić information content (AvgIpc) is 3.39. The molecule has 1 fully saturated rings. The SMILES string of the molecule is Cc1noc(C)c1S(=O)(=O)N1CCN(C(=O)CCCn2cnc3c2c(=O)n(C)c(=O)n3C)CC1. The minimum atomic E-state index is -3.74. The van der Waals surface area contributed by atoms with Gasteiger partial charge in [0.05, 0.1) is 6.33 Å². The number of carbonyl (C=O) groups excluding carboxylic acids is 1. The molecule has 0 aliphatic carbocycles. The maximum absolute atomic E-state index is 12.9. The minimum Gasteiger partial charge on any atom is -0.360 e. The Morgan fingerprint density at radius 1 is 1.09 bits per heavy atom. The summed E-state index contributed by atoms with van der Waals surface area (Å²) in [6, 6.07) is 0. The highest BCUT2D eigenvalue weighted by molar-refractivity contribution is 7.89. The molecule has 0 N–H and O–H groups in total. The second-order valence-corrected chi connectivity index (χ2v) is 10.2. The van der Waals surface area contributed by atoms with Crippen molar-refractivity contribution >= 4 is 27.1 Å². The Morgan fingerprint density at radius 2 is 1.76 bits per heavy atom. The van der Waals surface area contributed by atoms with Crippen molar-refractivity contribution in [2.75, 3.05) is 26.2 Å². The Labute approximate surface area is 195 Å². The summed E-state index contributed by atoms with van der Waals surface area (Å²) in [5, 5.41) is 3.72. The summed E-state index contributed by atoms with van der Waals surface area (Å²) in [5.41, 5.74) is 0.0502. The molecule has 0 saturated carbocycles. The summed E-state index contributed by atoms with van der Waals surface area (Å²) in [5.74, 6) is 0.164. The van der Waals surface area contributed by atoms with Gasteiger partial charge < -0.3 is 14.0 Å². The highest BCUT2D eigenvalue weighted by atomic mass is 32.2. The van der Waals surface area contributed by atoms with Crippen molar-refractivity contribution in [1.82, 2.24) is 33.0 Å². The van der Waals surface area contributed by atoms with Crippen LogP contribution in [0.1, 0.15) is 24.3 Å². The number of hydrogen-bond acceptors (Lipinski definition) is 8. The lowest BCUT2D eigenvalue weighted by molar-refractivity contribution is -0.132. The van der Waals surface area contributed by atoms with Gasteiger partial charge >= 0.3 is 5.69 Å². The number of rotatable bonds is 6. The topological polar surface area (TPSA) is 146 Å². The predicted octanol–water partition coefficient (Wildman–Crippen LogP) is -0.648. The van der Waals surface area contributed by atoms with Gasteiger partial charge in [0.2, 0.25) is 15.9 Å². The molecule has 4 rings (SSSR count). The summed E-state index contributed by atoms with van der Waals surface area (Å²) < 4.78 is 36.2. The number of sulfonamides is 1. The van der Waals surface area contributed by atoms with Crippen molar-refractivity contribution in [3.63, 3.8) is 0 Å². The predicted molar refractivity (Wildman–Crippen MR) is 121 cm³/mol. The van der Waals surface area contributed by atoms with Gasteiger partial charge in [-0.15, -0.1) is 0 Å². The van der Waals surface area contributed by atoms with Gasteiger partial charge in [0.25, 0.3) is 5.56 Å². The first-order valence-electron chi connectivity index (χ1n) is 10.9. The number of nitrogens with zero attached hydrogens (tertiary/aromatic N) is 7. The summed E-state index contributed by atoms with van der Waals surface area (Å²) >= 11 is 0. The van der Waals surface area contributed by atoms with Gasteiger partial charge in [-0.05, 0) is 20.3 Å². The molecule has 1 saturated heterocycles. The van der Waals surface area contributed by atoms with Gasteiger partial charge in [-0.1, -0.05) is 5.16 Å². The second kappa shape index (κ2) is 8.83. The average molecular weight is 494 g/mol. The van der Waals surface area contributed by atoms with Gasteiger partial charge in [-0.3, -0.25) is 18.7 Å². The smallest absolute Gasteiger partial charge is 0.332 e. The number of aryl methyl sites for hydroxylation is 4. The molecule has 3 aromatic rings. The number of aromatic nitrogens is 5. The van der Waals surface area contributed by atoms with Crippen LogP contribution in [-0.2, 0) is 35.5 Å². The maximum atomic E-state index is 12.9. The van der Waals surface area contributed by atoms with Crippen molar-refractivity contribution in [2.24, 2.45) is 14.1 Å². The first-order valence-corrected chi connectivity index (χ1v) is 12.3. The number of piperazine rings is 1. The molecular weight excluding hydrogens is 466 g/mol. The number of fused-ring (bicyclic) bond motifs is 1. The third-order valence-corrected chi connectivity index (χ3v) is 8.31. The van der Waals surface area contributed by atoms with Gasteiger partial charge in [0.15, 0.2) is 16.9 Å². The van der Waals surface area contributed by atoms with E-state index in [-0.39, 0.29) is 49.2 Å². The molecule has 0 spiro atoms. The van der Waals surface area contributed by atoms with Crippen LogP contribution in [0.15, 0.2) is 25.3 Å². The van der Waals surface area contributed by atoms with E-state index < -0.39 is 21.3 Å². The Hall–Kier alpha value is -3.26. The molecule has 1 amide bonds. The van der Waals surface area contributed by atoms with E-state index in [1.807, 2.05) is 0 Å². The molecular formula is C20H27N7O6S. The van der Waals surface area contributed by atoms with E-state index in [1.54, 1.807) is 30.4 Å². The van der Waals surface area contributed by atoms with E-state index in [4.69, 9.17) is 4.52 Å². The number of hydrogen-bond donors (Lipinski definition) is 0. The fraction of sp³-hybridized carbons (Fsp3) is 0.550. The van der Waals surface area contributed by atoms with Crippen molar-refractivity contribution in [3.8, 4) is 0 Å². The fourth-order valence-corrected chi connectivity index (χ4v) is 5.99. The lowest BCUT2D eigenvalue weighted by atomic mass is 10.2. The van der Waals surface area contributed by atoms with Crippen molar-refractivity contribution in [2.45, 2.75) is 38.1 Å². The van der Waals surface area contributed by atoms with E-state index in [2.05, 4.69) is 10.1 Å². The fourth-order valence-electron chi connectivity index (χ4n) is 4.28. The molecule has 3 aromatic heterocycles. The second-order valence-electron chi connectivity index (χ2n) is 8.36. The van der Waals surface area contributed by atoms with Crippen molar-refractivity contribution in [3.05, 3.63) is 38.6 Å². The first kappa shape index (κ1) is 23.9. The molecule has 13 nitrogen and oxygen atoms in total. The van der Waals surface area contributed by atoms with Gasteiger partial charge in [0, 0.05) is 53.2 Å². The summed E-state index contributed by atoms with van der Waals surface area (Å²) in [6.45, 7) is 4.49. The molecule has 14 heteroatoms. The number of imidazole rings is 1. The van der Waals surface area contributed by atoms with Gasteiger partial charge in [-0.2, -0.15) is 4.31 Å². The van der Waals surface area contributed by atoms with Gasteiger partial charge in [-0.25, -0.2) is 18.2 Å². The first-order chi connectivity index (χ1) is 16.0. The largest absolute Gasteiger partial charge is 0.360 e. The molecule has 0 atom stereocenters. The van der Waals surface area contributed by atoms with Crippen LogP contribution < -0.4 is 11.2 Å². The van der Waals surface area contributed by atoms with Crippen LogP contribution in [-0.4, -0.2) is 73.6 Å². The van der Waals surface area contributed by atoms with Crippen molar-refractivity contribution in [1.29, 1.82) is 0 Å². The zero-order chi connectivity index (χ0) is 24.8. The Balaban J connectivity index is 1.36. The van der Waals surface area contributed by atoms with E-state index in [9.17, 15) is 22.8 Å². The highest BCUT2D eigenvalue weighted by Crippen LogP contribution is 2.24. The number of carbonyl (C=O) groups is 1. The third kappa shape index (κ3) is 3.96. The van der Waals surface area contributed by atoms with Crippen molar-refractivity contribution < 1.29 is 17.7 Å². The number of amides is 1. The molecule has 1 aliphatic rings. The van der Waals surface area contributed by atoms with E-state index in [0.29, 0.717) is 29.8 Å². The standard InChI is InChI=1S/C20H27N7O6S/c1-13-17(14(2)33-22-13)34(31,32)27-10-8-25(9-11-27)15(28)6-5-7-26-12-21-18-16(26)19(29)24(4)20(30)23(18)3/h12H,5-11H2,1-4H3. The molecule has 34 heavy (non-hydrogen) atoms. The maximum Gasteiger partial charge on any atom is 0.332 e. The normalized spacial score (nSPS) is 15.4. The Bertz CT molecular complexity index is 1450. The van der Waals surface area contributed by atoms with Crippen LogP contribution in [0.5, 0.6) is 0 Å². The van der Waals surface area contributed by atoms with Crippen LogP contribution in [0, 0.1) is 13.8 Å². The van der Waals surface area contributed by atoms with Crippen LogP contribution in [0.2, 0.25) is 0 Å². The van der Waals surface area contributed by atoms with Crippen LogP contribution in [0.25, 0.3) is 11.2 Å². The molecule has 0 aromatic carbocycles. The Kier molecular flexibility index (Phi) is 6.20. The lowest BCUT2D eigenvalue weighted by Gasteiger charge is -2.34. The monoisotopic (exact) mass is 493 g/mol. The molecule has 0 unspecified atom stereocenters. The zero-order valence-electron chi connectivity index (χ0n) is 19.5. The molecule has 0 radical (unpaired) electrons. The zero-order valence-corrected chi connectivity index (χ0v) is 20.3. The van der Waals surface area contributed by atoms with Gasteiger partial charge in [0.1, 0.15) is 10.6 Å². The Morgan fingerprint density at radius 3 is 2.38 bits per heavy atom.